The van der Waals surface area contributed by atoms with Gasteiger partial charge in [0.25, 0.3) is 0 Å². The molecule has 3 heteroatoms. The fourth-order valence-corrected chi connectivity index (χ4v) is 0.768. The number of imidazole rings is 1. The summed E-state index contributed by atoms with van der Waals surface area (Å²) >= 11 is 0. The third-order valence-corrected chi connectivity index (χ3v) is 1.26. The SMILES string of the molecule is CC(C)COCc1cnc[nH]1. The van der Waals surface area contributed by atoms with E-state index in [2.05, 4.69) is 23.8 Å². The van der Waals surface area contributed by atoms with Crippen molar-refractivity contribution in [2.75, 3.05) is 6.61 Å². The van der Waals surface area contributed by atoms with E-state index in [0.717, 1.165) is 12.3 Å². The molecule has 0 radical (unpaired) electrons. The molecule has 11 heavy (non-hydrogen) atoms. The molecule has 0 aliphatic carbocycles. The molecule has 0 aliphatic heterocycles. The van der Waals surface area contributed by atoms with Crippen molar-refractivity contribution >= 4 is 0 Å². The van der Waals surface area contributed by atoms with E-state index >= 15 is 0 Å². The van der Waals surface area contributed by atoms with Crippen LogP contribution in [-0.2, 0) is 11.3 Å². The highest BCUT2D eigenvalue weighted by molar-refractivity contribution is 4.91. The second-order valence-electron chi connectivity index (χ2n) is 2.99. The van der Waals surface area contributed by atoms with Gasteiger partial charge in [0.15, 0.2) is 0 Å². The van der Waals surface area contributed by atoms with E-state index in [1.54, 1.807) is 12.5 Å². The fraction of sp³-hybridized carbons (Fsp3) is 0.625. The van der Waals surface area contributed by atoms with Crippen LogP contribution in [0.2, 0.25) is 0 Å². The molecular weight excluding hydrogens is 140 g/mol. The summed E-state index contributed by atoms with van der Waals surface area (Å²) in [5.74, 6) is 0.595. The van der Waals surface area contributed by atoms with E-state index in [1.807, 2.05) is 0 Å². The van der Waals surface area contributed by atoms with Gasteiger partial charge in [-0.05, 0) is 5.92 Å². The highest BCUT2D eigenvalue weighted by Gasteiger charge is 1.95. The lowest BCUT2D eigenvalue weighted by molar-refractivity contribution is 0.0950. The van der Waals surface area contributed by atoms with Gasteiger partial charge in [0.05, 0.1) is 24.8 Å². The van der Waals surface area contributed by atoms with Gasteiger partial charge in [-0.25, -0.2) is 4.98 Å². The monoisotopic (exact) mass is 154 g/mol. The summed E-state index contributed by atoms with van der Waals surface area (Å²) in [5, 5.41) is 0. The molecule has 3 nitrogen and oxygen atoms in total. The first-order valence-corrected chi connectivity index (χ1v) is 3.84. The van der Waals surface area contributed by atoms with Crippen molar-refractivity contribution < 1.29 is 4.74 Å². The maximum Gasteiger partial charge on any atom is 0.0922 e. The maximum absolute atomic E-state index is 5.37. The first kappa shape index (κ1) is 8.27. The van der Waals surface area contributed by atoms with Crippen molar-refractivity contribution in [3.05, 3.63) is 18.2 Å². The van der Waals surface area contributed by atoms with Crippen LogP contribution in [0.3, 0.4) is 0 Å². The van der Waals surface area contributed by atoms with Crippen LogP contribution in [-0.4, -0.2) is 16.6 Å². The summed E-state index contributed by atoms with van der Waals surface area (Å²) in [4.78, 5) is 6.86. The lowest BCUT2D eigenvalue weighted by atomic mass is 10.2. The Morgan fingerprint density at radius 2 is 2.45 bits per heavy atom. The highest BCUT2D eigenvalue weighted by Crippen LogP contribution is 1.97. The van der Waals surface area contributed by atoms with Gasteiger partial charge in [0, 0.05) is 6.61 Å². The Kier molecular flexibility index (Phi) is 3.11. The van der Waals surface area contributed by atoms with Crippen LogP contribution < -0.4 is 0 Å². The molecule has 0 unspecified atom stereocenters. The molecule has 1 N–H and O–H groups in total. The van der Waals surface area contributed by atoms with Crippen LogP contribution in [0, 0.1) is 5.92 Å². The minimum absolute atomic E-state index is 0.595. The molecule has 0 saturated heterocycles. The quantitative estimate of drug-likeness (QED) is 0.715. The molecule has 0 atom stereocenters. The van der Waals surface area contributed by atoms with Crippen LogP contribution in [0.25, 0.3) is 0 Å². The number of nitrogens with zero attached hydrogens (tertiary/aromatic N) is 1. The molecule has 0 aliphatic rings. The van der Waals surface area contributed by atoms with Gasteiger partial charge >= 0.3 is 0 Å². The van der Waals surface area contributed by atoms with Crippen LogP contribution >= 0.6 is 0 Å². The average Bonchev–Trinajstić information content (AvgIpc) is 2.39. The average molecular weight is 154 g/mol. The smallest absolute Gasteiger partial charge is 0.0922 e. The molecule has 0 aromatic carbocycles. The van der Waals surface area contributed by atoms with Crippen molar-refractivity contribution in [1.29, 1.82) is 0 Å². The van der Waals surface area contributed by atoms with Crippen LogP contribution in [0.5, 0.6) is 0 Å². The molecule has 0 saturated carbocycles. The van der Waals surface area contributed by atoms with Crippen molar-refractivity contribution in [2.45, 2.75) is 20.5 Å². The summed E-state index contributed by atoms with van der Waals surface area (Å²) in [6.07, 6.45) is 3.44. The van der Waals surface area contributed by atoms with E-state index in [0.29, 0.717) is 12.5 Å². The van der Waals surface area contributed by atoms with E-state index in [9.17, 15) is 0 Å². The molecule has 1 aromatic heterocycles. The Morgan fingerprint density at radius 3 is 3.00 bits per heavy atom. The van der Waals surface area contributed by atoms with Crippen molar-refractivity contribution in [3.8, 4) is 0 Å². The number of nitrogens with one attached hydrogen (secondary N) is 1. The minimum atomic E-state index is 0.595. The molecule has 62 valence electrons. The van der Waals surface area contributed by atoms with Gasteiger partial charge in [-0.15, -0.1) is 0 Å². The molecule has 0 fully saturated rings. The second-order valence-corrected chi connectivity index (χ2v) is 2.99. The molecule has 0 spiro atoms. The van der Waals surface area contributed by atoms with Gasteiger partial charge in [0.1, 0.15) is 0 Å². The zero-order chi connectivity index (χ0) is 8.10. The first-order chi connectivity index (χ1) is 5.29. The topological polar surface area (TPSA) is 37.9 Å². The fourth-order valence-electron chi connectivity index (χ4n) is 0.768. The normalized spacial score (nSPS) is 10.8. The number of rotatable bonds is 4. The van der Waals surface area contributed by atoms with E-state index in [1.165, 1.54) is 0 Å². The number of hydrogen-bond acceptors (Lipinski definition) is 2. The number of aromatic nitrogens is 2. The van der Waals surface area contributed by atoms with Gasteiger partial charge in [-0.1, -0.05) is 13.8 Å². The number of hydrogen-bond donors (Lipinski definition) is 1. The van der Waals surface area contributed by atoms with Gasteiger partial charge in [0.2, 0.25) is 0 Å². The highest BCUT2D eigenvalue weighted by atomic mass is 16.5. The predicted octanol–water partition coefficient (Wildman–Crippen LogP) is 1.58. The second kappa shape index (κ2) is 4.13. The summed E-state index contributed by atoms with van der Waals surface area (Å²) < 4.78 is 5.37. The van der Waals surface area contributed by atoms with E-state index in [-0.39, 0.29) is 0 Å². The van der Waals surface area contributed by atoms with Crippen molar-refractivity contribution in [2.24, 2.45) is 5.92 Å². The summed E-state index contributed by atoms with van der Waals surface area (Å²) in [6, 6.07) is 0. The summed E-state index contributed by atoms with van der Waals surface area (Å²) in [7, 11) is 0. The first-order valence-electron chi connectivity index (χ1n) is 3.84. The Morgan fingerprint density at radius 1 is 1.64 bits per heavy atom. The zero-order valence-electron chi connectivity index (χ0n) is 7.00. The summed E-state index contributed by atoms with van der Waals surface area (Å²) in [6.45, 7) is 5.71. The van der Waals surface area contributed by atoms with Gasteiger partial charge in [-0.2, -0.15) is 0 Å². The molecule has 1 rings (SSSR count). The number of H-pyrrole nitrogens is 1. The van der Waals surface area contributed by atoms with Crippen molar-refractivity contribution in [3.63, 3.8) is 0 Å². The summed E-state index contributed by atoms with van der Waals surface area (Å²) in [5.41, 5.74) is 1.03. The van der Waals surface area contributed by atoms with Crippen molar-refractivity contribution in [1.82, 2.24) is 9.97 Å². The maximum atomic E-state index is 5.37. The van der Waals surface area contributed by atoms with Crippen LogP contribution in [0.15, 0.2) is 12.5 Å². The lowest BCUT2D eigenvalue weighted by Gasteiger charge is -2.04. The lowest BCUT2D eigenvalue weighted by Crippen LogP contribution is -2.01. The third-order valence-electron chi connectivity index (χ3n) is 1.26. The van der Waals surface area contributed by atoms with E-state index in [4.69, 9.17) is 4.74 Å². The van der Waals surface area contributed by atoms with Crippen LogP contribution in [0.4, 0.5) is 0 Å². The minimum Gasteiger partial charge on any atom is -0.375 e. The molecule has 1 heterocycles. The Labute approximate surface area is 66.8 Å². The third kappa shape index (κ3) is 3.18. The Bertz CT molecular complexity index is 182. The standard InChI is InChI=1S/C8H14N2O/c1-7(2)4-11-5-8-3-9-6-10-8/h3,6-7H,4-5H2,1-2H3,(H,9,10). The zero-order valence-corrected chi connectivity index (χ0v) is 7.00. The molecule has 0 bridgehead atoms. The van der Waals surface area contributed by atoms with E-state index < -0.39 is 0 Å². The van der Waals surface area contributed by atoms with Gasteiger partial charge in [-0.3, -0.25) is 0 Å². The van der Waals surface area contributed by atoms with Crippen LogP contribution in [0.1, 0.15) is 19.5 Å². The number of ether oxygens (including phenoxy) is 1. The Balaban J connectivity index is 2.14. The molecule has 0 amide bonds. The Hall–Kier alpha value is -0.830. The molecule has 1 aromatic rings. The number of aromatic amines is 1. The largest absolute Gasteiger partial charge is 0.375 e. The van der Waals surface area contributed by atoms with Gasteiger partial charge < -0.3 is 9.72 Å². The molecular formula is C8H14N2O. The predicted molar refractivity (Wildman–Crippen MR) is 43.1 cm³/mol.